The van der Waals surface area contributed by atoms with Gasteiger partial charge in [0.15, 0.2) is 0 Å². The summed E-state index contributed by atoms with van der Waals surface area (Å²) in [6.07, 6.45) is -2.56. The number of para-hydroxylation sites is 1. The van der Waals surface area contributed by atoms with E-state index in [4.69, 9.17) is 0 Å². The fourth-order valence-corrected chi connectivity index (χ4v) is 3.48. The number of halogens is 3. The van der Waals surface area contributed by atoms with E-state index in [0.717, 1.165) is 23.0 Å². The lowest BCUT2D eigenvalue weighted by Crippen LogP contribution is -2.48. The van der Waals surface area contributed by atoms with Crippen molar-refractivity contribution in [1.82, 2.24) is 9.88 Å². The standard InChI is InChI=1S/C20H18F3N3O/c21-20(22,23)15-4-2-5-16(13-15)25-9-11-26(12-10-25)19(27)17-6-1-3-14-7-8-24-18(14)17/h1-8,13,24H,9-12H2. The van der Waals surface area contributed by atoms with Gasteiger partial charge in [0.05, 0.1) is 16.6 Å². The molecular formula is C20H18F3N3O. The maximum atomic E-state index is 12.9. The van der Waals surface area contributed by atoms with Gasteiger partial charge in [0.25, 0.3) is 5.91 Å². The Bertz CT molecular complexity index is 972. The molecule has 0 aliphatic carbocycles. The monoisotopic (exact) mass is 373 g/mol. The SMILES string of the molecule is O=C(c1cccc2cc[nH]c12)N1CCN(c2cccc(C(F)(F)F)c2)CC1. The fourth-order valence-electron chi connectivity index (χ4n) is 3.48. The van der Waals surface area contributed by atoms with E-state index in [2.05, 4.69) is 4.98 Å². The molecule has 0 bridgehead atoms. The Kier molecular flexibility index (Phi) is 4.30. The third-order valence-electron chi connectivity index (χ3n) is 4.92. The van der Waals surface area contributed by atoms with E-state index in [1.807, 2.05) is 23.1 Å². The highest BCUT2D eigenvalue weighted by Crippen LogP contribution is 2.32. The fraction of sp³-hybridized carbons (Fsp3) is 0.250. The number of hydrogen-bond donors (Lipinski definition) is 1. The molecule has 27 heavy (non-hydrogen) atoms. The van der Waals surface area contributed by atoms with Crippen LogP contribution in [0.15, 0.2) is 54.7 Å². The predicted octanol–water partition coefficient (Wildman–Crippen LogP) is 4.15. The summed E-state index contributed by atoms with van der Waals surface area (Å²) in [6, 6.07) is 12.8. The summed E-state index contributed by atoms with van der Waals surface area (Å²) < 4.78 is 38.8. The molecule has 0 radical (unpaired) electrons. The minimum absolute atomic E-state index is 0.0632. The molecule has 7 heteroatoms. The first-order chi connectivity index (χ1) is 12.9. The molecule has 4 rings (SSSR count). The van der Waals surface area contributed by atoms with Crippen LogP contribution in [-0.4, -0.2) is 42.0 Å². The minimum Gasteiger partial charge on any atom is -0.368 e. The summed E-state index contributed by atoms with van der Waals surface area (Å²) in [4.78, 5) is 19.6. The van der Waals surface area contributed by atoms with Gasteiger partial charge in [-0.3, -0.25) is 4.79 Å². The number of aromatic nitrogens is 1. The topological polar surface area (TPSA) is 39.3 Å². The molecular weight excluding hydrogens is 355 g/mol. The van der Waals surface area contributed by atoms with Crippen molar-refractivity contribution in [3.05, 3.63) is 65.9 Å². The van der Waals surface area contributed by atoms with Crippen LogP contribution in [0.5, 0.6) is 0 Å². The quantitative estimate of drug-likeness (QED) is 0.733. The van der Waals surface area contributed by atoms with Gasteiger partial charge in [-0.25, -0.2) is 0 Å². The number of H-pyrrole nitrogens is 1. The summed E-state index contributed by atoms with van der Waals surface area (Å²) in [5, 5.41) is 0.975. The molecule has 0 saturated carbocycles. The molecule has 3 aromatic rings. The number of benzene rings is 2. The highest BCUT2D eigenvalue weighted by atomic mass is 19.4. The number of aromatic amines is 1. The third-order valence-corrected chi connectivity index (χ3v) is 4.92. The van der Waals surface area contributed by atoms with E-state index in [-0.39, 0.29) is 5.91 Å². The normalized spacial score (nSPS) is 15.4. The molecule has 1 fully saturated rings. The van der Waals surface area contributed by atoms with E-state index in [0.29, 0.717) is 37.4 Å². The van der Waals surface area contributed by atoms with Crippen LogP contribution in [0.2, 0.25) is 0 Å². The van der Waals surface area contributed by atoms with E-state index < -0.39 is 11.7 Å². The van der Waals surface area contributed by atoms with Gasteiger partial charge in [-0.1, -0.05) is 18.2 Å². The van der Waals surface area contributed by atoms with E-state index in [9.17, 15) is 18.0 Å². The molecule has 1 aliphatic rings. The number of piperazine rings is 1. The number of carbonyl (C=O) groups excluding carboxylic acids is 1. The lowest BCUT2D eigenvalue weighted by atomic mass is 10.1. The van der Waals surface area contributed by atoms with Crippen molar-refractivity contribution in [3.8, 4) is 0 Å². The van der Waals surface area contributed by atoms with Crippen LogP contribution in [0.3, 0.4) is 0 Å². The molecule has 2 aromatic carbocycles. The summed E-state index contributed by atoms with van der Waals surface area (Å²) in [6.45, 7) is 1.92. The van der Waals surface area contributed by atoms with Gasteiger partial charge in [-0.2, -0.15) is 13.2 Å². The number of fused-ring (bicyclic) bond motifs is 1. The Labute approximate surface area is 154 Å². The average Bonchev–Trinajstić information content (AvgIpc) is 3.16. The number of carbonyl (C=O) groups is 1. The number of rotatable bonds is 2. The van der Waals surface area contributed by atoms with Crippen molar-refractivity contribution in [2.45, 2.75) is 6.18 Å². The second kappa shape index (κ2) is 6.64. The number of hydrogen-bond acceptors (Lipinski definition) is 2. The zero-order chi connectivity index (χ0) is 19.0. The maximum Gasteiger partial charge on any atom is 0.416 e. The Morgan fingerprint density at radius 1 is 0.963 bits per heavy atom. The second-order valence-corrected chi connectivity index (χ2v) is 6.57. The number of anilines is 1. The highest BCUT2D eigenvalue weighted by molar-refractivity contribution is 6.05. The van der Waals surface area contributed by atoms with E-state index in [1.165, 1.54) is 6.07 Å². The molecule has 0 atom stereocenters. The summed E-state index contributed by atoms with van der Waals surface area (Å²) in [7, 11) is 0. The number of alkyl halides is 3. The van der Waals surface area contributed by atoms with Crippen molar-refractivity contribution < 1.29 is 18.0 Å². The first kappa shape index (κ1) is 17.5. The Morgan fingerprint density at radius 3 is 2.44 bits per heavy atom. The zero-order valence-corrected chi connectivity index (χ0v) is 14.5. The summed E-state index contributed by atoms with van der Waals surface area (Å²) in [5.74, 6) is -0.0632. The van der Waals surface area contributed by atoms with Crippen LogP contribution in [0.1, 0.15) is 15.9 Å². The minimum atomic E-state index is -4.36. The van der Waals surface area contributed by atoms with Crippen LogP contribution in [-0.2, 0) is 6.18 Å². The van der Waals surface area contributed by atoms with Crippen molar-refractivity contribution in [2.75, 3.05) is 31.1 Å². The lowest BCUT2D eigenvalue weighted by molar-refractivity contribution is -0.137. The Morgan fingerprint density at radius 2 is 1.70 bits per heavy atom. The first-order valence-corrected chi connectivity index (χ1v) is 8.71. The predicted molar refractivity (Wildman–Crippen MR) is 97.9 cm³/mol. The molecule has 1 N–H and O–H groups in total. The smallest absolute Gasteiger partial charge is 0.368 e. The van der Waals surface area contributed by atoms with Crippen LogP contribution < -0.4 is 4.90 Å². The van der Waals surface area contributed by atoms with Crippen molar-refractivity contribution in [2.24, 2.45) is 0 Å². The van der Waals surface area contributed by atoms with Crippen molar-refractivity contribution in [1.29, 1.82) is 0 Å². The van der Waals surface area contributed by atoms with Crippen LogP contribution >= 0.6 is 0 Å². The summed E-state index contributed by atoms with van der Waals surface area (Å²) >= 11 is 0. The molecule has 1 aliphatic heterocycles. The molecule has 1 aromatic heterocycles. The van der Waals surface area contributed by atoms with Gasteiger partial charge in [0.2, 0.25) is 0 Å². The van der Waals surface area contributed by atoms with Crippen molar-refractivity contribution in [3.63, 3.8) is 0 Å². The van der Waals surface area contributed by atoms with E-state index >= 15 is 0 Å². The number of nitrogens with zero attached hydrogens (tertiary/aromatic N) is 2. The Hall–Kier alpha value is -2.96. The van der Waals surface area contributed by atoms with Crippen molar-refractivity contribution >= 4 is 22.5 Å². The maximum absolute atomic E-state index is 12.9. The highest BCUT2D eigenvalue weighted by Gasteiger charge is 2.31. The van der Waals surface area contributed by atoms with E-state index in [1.54, 1.807) is 23.2 Å². The van der Waals surface area contributed by atoms with Gasteiger partial charge in [0.1, 0.15) is 0 Å². The van der Waals surface area contributed by atoms with Crippen LogP contribution in [0, 0.1) is 0 Å². The van der Waals surface area contributed by atoms with Gasteiger partial charge < -0.3 is 14.8 Å². The van der Waals surface area contributed by atoms with Gasteiger partial charge in [-0.05, 0) is 30.3 Å². The molecule has 1 amide bonds. The first-order valence-electron chi connectivity index (χ1n) is 8.71. The molecule has 140 valence electrons. The number of nitrogens with one attached hydrogen (secondary N) is 1. The number of amides is 1. The van der Waals surface area contributed by atoms with Crippen LogP contribution in [0.4, 0.5) is 18.9 Å². The van der Waals surface area contributed by atoms with Gasteiger partial charge in [-0.15, -0.1) is 0 Å². The Balaban J connectivity index is 1.48. The lowest BCUT2D eigenvalue weighted by Gasteiger charge is -2.36. The molecule has 4 nitrogen and oxygen atoms in total. The second-order valence-electron chi connectivity index (χ2n) is 6.57. The molecule has 1 saturated heterocycles. The molecule has 0 spiro atoms. The average molecular weight is 373 g/mol. The van der Waals surface area contributed by atoms with Gasteiger partial charge in [0, 0.05) is 43.4 Å². The van der Waals surface area contributed by atoms with Gasteiger partial charge >= 0.3 is 6.18 Å². The summed E-state index contributed by atoms with van der Waals surface area (Å²) in [5.41, 5.74) is 1.30. The zero-order valence-electron chi connectivity index (χ0n) is 14.5. The largest absolute Gasteiger partial charge is 0.416 e. The molecule has 0 unspecified atom stereocenters. The third kappa shape index (κ3) is 3.37. The molecule has 2 heterocycles. The van der Waals surface area contributed by atoms with Crippen LogP contribution in [0.25, 0.3) is 10.9 Å².